The lowest BCUT2D eigenvalue weighted by Crippen LogP contribution is -1.97. The molecule has 0 aliphatic carbocycles. The van der Waals surface area contributed by atoms with Crippen LogP contribution in [0.1, 0.15) is 0 Å². The molecule has 0 radical (unpaired) electrons. The van der Waals surface area contributed by atoms with Gasteiger partial charge in [-0.15, -0.1) is 0 Å². The summed E-state index contributed by atoms with van der Waals surface area (Å²) < 4.78 is 9.09. The fraction of sp³-hybridized carbons (Fsp3) is 0.0417. The van der Waals surface area contributed by atoms with Gasteiger partial charge in [0.1, 0.15) is 11.2 Å². The maximum atomic E-state index is 6.59. The molecule has 0 saturated heterocycles. The van der Waals surface area contributed by atoms with Crippen molar-refractivity contribution < 1.29 is 4.42 Å². The first kappa shape index (κ1) is 27.8. The summed E-state index contributed by atoms with van der Waals surface area (Å²) in [6.45, 7) is 0. The molecule has 3 heterocycles. The van der Waals surface area contributed by atoms with E-state index in [2.05, 4.69) is 169 Å². The Morgan fingerprint density at radius 3 is 2.14 bits per heavy atom. The van der Waals surface area contributed by atoms with Crippen LogP contribution in [0.15, 0.2) is 166 Å². The van der Waals surface area contributed by atoms with Gasteiger partial charge in [-0.1, -0.05) is 97.1 Å². The summed E-state index contributed by atoms with van der Waals surface area (Å²) in [4.78, 5) is 2.97. The van der Waals surface area contributed by atoms with Gasteiger partial charge in [0.15, 0.2) is 0 Å². The van der Waals surface area contributed by atoms with Crippen molar-refractivity contribution in [2.45, 2.75) is 9.79 Å². The first-order valence-corrected chi connectivity index (χ1v) is 20.0. The standard InChI is InChI=1S/C48H31NOS/c1-51(2)44-17-8-5-14-34(44)35-21-19-30(26-45(35)51)29-20-23-41-37(24-29)32-12-3-6-15-40(32)49(41)42-25-31-11-9-10-28-18-22-36-47(46(28)31)39(42)27-38-33-13-4-7-16-43(33)50-48(36)38/h3-27H,1-2H3. The van der Waals surface area contributed by atoms with E-state index in [4.69, 9.17) is 4.42 Å². The molecule has 0 amide bonds. The summed E-state index contributed by atoms with van der Waals surface area (Å²) in [5.41, 5.74) is 10.8. The number of hydrogen-bond donors (Lipinski definition) is 0. The van der Waals surface area contributed by atoms with Gasteiger partial charge >= 0.3 is 0 Å². The van der Waals surface area contributed by atoms with Crippen LogP contribution >= 0.6 is 10.0 Å². The highest BCUT2D eigenvalue weighted by atomic mass is 32.3. The zero-order valence-electron chi connectivity index (χ0n) is 28.2. The minimum absolute atomic E-state index is 0.925. The molecule has 240 valence electrons. The molecule has 3 heteroatoms. The second kappa shape index (κ2) is 9.60. The monoisotopic (exact) mass is 669 g/mol. The van der Waals surface area contributed by atoms with Crippen molar-refractivity contribution in [2.24, 2.45) is 0 Å². The fourth-order valence-electron chi connectivity index (χ4n) is 9.25. The van der Waals surface area contributed by atoms with Crippen LogP contribution in [-0.2, 0) is 0 Å². The molecule has 11 aromatic rings. The van der Waals surface area contributed by atoms with Crippen LogP contribution in [0.4, 0.5) is 0 Å². The van der Waals surface area contributed by atoms with Crippen molar-refractivity contribution in [3.8, 4) is 27.9 Å². The largest absolute Gasteiger partial charge is 0.455 e. The Bertz CT molecular complexity index is 3290. The first-order chi connectivity index (χ1) is 25.0. The number of benzene rings is 9. The van der Waals surface area contributed by atoms with Crippen LogP contribution in [0.5, 0.6) is 0 Å². The summed E-state index contributed by atoms with van der Waals surface area (Å²) in [5.74, 6) is 0. The Morgan fingerprint density at radius 2 is 1.20 bits per heavy atom. The van der Waals surface area contributed by atoms with Gasteiger partial charge in [-0.05, 0) is 106 Å². The molecule has 0 N–H and O–H groups in total. The zero-order valence-corrected chi connectivity index (χ0v) is 29.0. The summed E-state index contributed by atoms with van der Waals surface area (Å²) in [6.07, 6.45) is 4.88. The van der Waals surface area contributed by atoms with Crippen molar-refractivity contribution in [1.29, 1.82) is 0 Å². The second-order valence-corrected chi connectivity index (χ2v) is 18.0. The molecule has 1 aliphatic rings. The third kappa shape index (κ3) is 3.54. The predicted molar refractivity (Wildman–Crippen MR) is 219 cm³/mol. The van der Waals surface area contributed by atoms with Crippen molar-refractivity contribution in [3.63, 3.8) is 0 Å². The van der Waals surface area contributed by atoms with E-state index in [-0.39, 0.29) is 0 Å². The molecule has 51 heavy (non-hydrogen) atoms. The van der Waals surface area contributed by atoms with Crippen LogP contribution in [0.2, 0.25) is 0 Å². The number of rotatable bonds is 2. The fourth-order valence-corrected chi connectivity index (χ4v) is 11.8. The van der Waals surface area contributed by atoms with Crippen LogP contribution in [0, 0.1) is 0 Å². The highest BCUT2D eigenvalue weighted by molar-refractivity contribution is 8.33. The normalized spacial score (nSPS) is 14.5. The van der Waals surface area contributed by atoms with Gasteiger partial charge in [0.05, 0.1) is 16.7 Å². The van der Waals surface area contributed by atoms with Crippen LogP contribution in [0.25, 0.3) is 104 Å². The van der Waals surface area contributed by atoms with E-state index in [1.165, 1.54) is 86.5 Å². The van der Waals surface area contributed by atoms with E-state index >= 15 is 0 Å². The molecule has 0 bridgehead atoms. The number of para-hydroxylation sites is 2. The number of furan rings is 1. The number of fused-ring (bicyclic) bond motifs is 10. The first-order valence-electron chi connectivity index (χ1n) is 17.6. The lowest BCUT2D eigenvalue weighted by molar-refractivity contribution is 0.673. The van der Waals surface area contributed by atoms with Crippen molar-refractivity contribution in [3.05, 3.63) is 152 Å². The van der Waals surface area contributed by atoms with Gasteiger partial charge in [-0.3, -0.25) is 0 Å². The van der Waals surface area contributed by atoms with Gasteiger partial charge in [0.2, 0.25) is 0 Å². The molecule has 0 spiro atoms. The average Bonchev–Trinajstić information content (AvgIpc) is 3.79. The van der Waals surface area contributed by atoms with E-state index in [9.17, 15) is 0 Å². The van der Waals surface area contributed by atoms with Gasteiger partial charge < -0.3 is 8.98 Å². The zero-order chi connectivity index (χ0) is 33.6. The van der Waals surface area contributed by atoms with E-state index in [0.717, 1.165) is 27.3 Å². The maximum Gasteiger partial charge on any atom is 0.143 e. The Hall–Kier alpha value is -6.03. The number of nitrogens with zero attached hydrogens (tertiary/aromatic N) is 1. The van der Waals surface area contributed by atoms with Crippen LogP contribution in [-0.4, -0.2) is 17.1 Å². The summed E-state index contributed by atoms with van der Waals surface area (Å²) in [5, 5.41) is 12.3. The minimum Gasteiger partial charge on any atom is -0.455 e. The lowest BCUT2D eigenvalue weighted by Gasteiger charge is -2.28. The Morgan fingerprint density at radius 1 is 0.451 bits per heavy atom. The molecule has 0 saturated carbocycles. The van der Waals surface area contributed by atoms with Crippen LogP contribution < -0.4 is 0 Å². The molecular weight excluding hydrogens is 639 g/mol. The van der Waals surface area contributed by atoms with E-state index < -0.39 is 10.0 Å². The molecular formula is C48H31NOS. The third-order valence-corrected chi connectivity index (χ3v) is 14.5. The molecule has 0 atom stereocenters. The molecule has 1 aliphatic heterocycles. The number of hydrogen-bond acceptors (Lipinski definition) is 1. The topological polar surface area (TPSA) is 18.1 Å². The van der Waals surface area contributed by atoms with Crippen molar-refractivity contribution >= 4 is 86.1 Å². The second-order valence-electron chi connectivity index (χ2n) is 14.5. The summed E-state index contributed by atoms with van der Waals surface area (Å²) in [7, 11) is -1.09. The summed E-state index contributed by atoms with van der Waals surface area (Å²) in [6, 6.07) is 56.5. The Labute approximate surface area is 295 Å². The van der Waals surface area contributed by atoms with E-state index in [1.807, 2.05) is 0 Å². The van der Waals surface area contributed by atoms with Gasteiger partial charge in [0.25, 0.3) is 0 Å². The molecule has 12 rings (SSSR count). The Kier molecular flexibility index (Phi) is 5.22. The molecule has 0 fully saturated rings. The van der Waals surface area contributed by atoms with Crippen molar-refractivity contribution in [2.75, 3.05) is 12.5 Å². The summed E-state index contributed by atoms with van der Waals surface area (Å²) >= 11 is 0. The van der Waals surface area contributed by atoms with Gasteiger partial charge in [-0.2, -0.15) is 10.0 Å². The molecule has 2 aromatic heterocycles. The maximum absolute atomic E-state index is 6.59. The molecule has 2 nitrogen and oxygen atoms in total. The van der Waals surface area contributed by atoms with Gasteiger partial charge in [0, 0.05) is 47.5 Å². The van der Waals surface area contributed by atoms with E-state index in [1.54, 1.807) is 0 Å². The highest BCUT2D eigenvalue weighted by Gasteiger charge is 2.31. The van der Waals surface area contributed by atoms with Gasteiger partial charge in [-0.25, -0.2) is 0 Å². The average molecular weight is 670 g/mol. The third-order valence-electron chi connectivity index (χ3n) is 11.6. The smallest absolute Gasteiger partial charge is 0.143 e. The Balaban J connectivity index is 1.15. The lowest BCUT2D eigenvalue weighted by atomic mass is 9.91. The SMILES string of the molecule is CS1(C)c2ccccc2-c2ccc(-c3ccc4c(c3)c3ccccc3n4-c3cc4cccc5ccc6c7oc8ccccc8c7cc3c6c54)cc21. The predicted octanol–water partition coefficient (Wildman–Crippen LogP) is 13.7. The molecule has 9 aromatic carbocycles. The molecule has 0 unspecified atom stereocenters. The minimum atomic E-state index is -1.09. The highest BCUT2D eigenvalue weighted by Crippen LogP contribution is 2.67. The van der Waals surface area contributed by atoms with Crippen LogP contribution in [0.3, 0.4) is 0 Å². The quantitative estimate of drug-likeness (QED) is 0.168. The number of aromatic nitrogens is 1. The van der Waals surface area contributed by atoms with Crippen molar-refractivity contribution in [1.82, 2.24) is 4.57 Å². The van der Waals surface area contributed by atoms with E-state index in [0.29, 0.717) is 0 Å².